The molecule has 1 fully saturated rings. The predicted molar refractivity (Wildman–Crippen MR) is 63.6 cm³/mol. The normalized spacial score (nSPS) is 17.2. The average molecular weight is 221 g/mol. The van der Waals surface area contributed by atoms with Crippen LogP contribution < -0.4 is 10.1 Å². The maximum absolute atomic E-state index is 5.06. The van der Waals surface area contributed by atoms with E-state index in [2.05, 4.69) is 29.1 Å². The minimum absolute atomic E-state index is 0.484. The molecule has 0 unspecified atom stereocenters. The molecular formula is C12H19N3O. The number of ether oxygens (including phenoxy) is 1. The van der Waals surface area contributed by atoms with E-state index in [1.54, 1.807) is 7.11 Å². The lowest BCUT2D eigenvalue weighted by molar-refractivity contribution is 0.379. The number of nitrogens with zero attached hydrogens (tertiary/aromatic N) is 2. The number of methoxy groups -OCH3 is 1. The Hall–Kier alpha value is -1.32. The van der Waals surface area contributed by atoms with Crippen LogP contribution in [0.5, 0.6) is 5.88 Å². The number of hydrogen-bond acceptors (Lipinski definition) is 4. The van der Waals surface area contributed by atoms with E-state index >= 15 is 0 Å². The molecule has 0 spiro atoms. The maximum Gasteiger partial charge on any atom is 0.218 e. The van der Waals surface area contributed by atoms with Crippen LogP contribution in [0.1, 0.15) is 26.7 Å². The summed E-state index contributed by atoms with van der Waals surface area (Å²) in [4.78, 5) is 8.16. The van der Waals surface area contributed by atoms with Crippen LogP contribution in [0.25, 0.3) is 0 Å². The molecule has 16 heavy (non-hydrogen) atoms. The summed E-state index contributed by atoms with van der Waals surface area (Å²) < 4.78 is 5.06. The highest BCUT2D eigenvalue weighted by Gasteiger charge is 2.44. The van der Waals surface area contributed by atoms with Crippen molar-refractivity contribution in [3.8, 4) is 5.88 Å². The lowest BCUT2D eigenvalue weighted by Gasteiger charge is -2.20. The van der Waals surface area contributed by atoms with E-state index in [0.29, 0.717) is 11.3 Å². The molecule has 1 saturated carbocycles. The molecule has 1 aromatic heterocycles. The smallest absolute Gasteiger partial charge is 0.218 e. The van der Waals surface area contributed by atoms with Gasteiger partial charge in [-0.1, -0.05) is 13.8 Å². The SMILES string of the molecule is COc1cc(NCC2(C(C)C)CC2)ncn1. The Bertz CT molecular complexity index is 361. The maximum atomic E-state index is 5.06. The molecule has 1 aliphatic rings. The molecule has 88 valence electrons. The zero-order chi connectivity index (χ0) is 11.6. The second-order valence-corrected chi connectivity index (χ2v) is 4.82. The van der Waals surface area contributed by atoms with Crippen LogP contribution in [-0.4, -0.2) is 23.6 Å². The van der Waals surface area contributed by atoms with Gasteiger partial charge < -0.3 is 10.1 Å². The lowest BCUT2D eigenvalue weighted by atomic mass is 9.92. The molecule has 0 radical (unpaired) electrons. The second kappa shape index (κ2) is 4.28. The Morgan fingerprint density at radius 1 is 1.44 bits per heavy atom. The van der Waals surface area contributed by atoms with Crippen LogP contribution in [-0.2, 0) is 0 Å². The van der Waals surface area contributed by atoms with Gasteiger partial charge in [-0.05, 0) is 24.2 Å². The van der Waals surface area contributed by atoms with Gasteiger partial charge in [-0.3, -0.25) is 0 Å². The first-order valence-electron chi connectivity index (χ1n) is 5.76. The van der Waals surface area contributed by atoms with Gasteiger partial charge in [-0.25, -0.2) is 9.97 Å². The highest BCUT2D eigenvalue weighted by atomic mass is 16.5. The van der Waals surface area contributed by atoms with E-state index in [4.69, 9.17) is 4.74 Å². The fraction of sp³-hybridized carbons (Fsp3) is 0.667. The van der Waals surface area contributed by atoms with Gasteiger partial charge in [0.1, 0.15) is 12.1 Å². The molecule has 1 N–H and O–H groups in total. The van der Waals surface area contributed by atoms with Crippen molar-refractivity contribution < 1.29 is 4.74 Å². The zero-order valence-corrected chi connectivity index (χ0v) is 10.2. The van der Waals surface area contributed by atoms with Gasteiger partial charge >= 0.3 is 0 Å². The van der Waals surface area contributed by atoms with E-state index in [1.165, 1.54) is 19.2 Å². The fourth-order valence-corrected chi connectivity index (χ4v) is 1.93. The largest absolute Gasteiger partial charge is 0.481 e. The Morgan fingerprint density at radius 2 is 2.19 bits per heavy atom. The highest BCUT2D eigenvalue weighted by molar-refractivity contribution is 5.37. The first-order valence-corrected chi connectivity index (χ1v) is 5.76. The van der Waals surface area contributed by atoms with E-state index in [1.807, 2.05) is 6.07 Å². The standard InChI is InChI=1S/C12H19N3O/c1-9(2)12(4-5-12)7-13-10-6-11(16-3)15-8-14-10/h6,8-9H,4-5,7H2,1-3H3,(H,13,14,15). The minimum atomic E-state index is 0.484. The van der Waals surface area contributed by atoms with Gasteiger partial charge in [0.2, 0.25) is 5.88 Å². The first kappa shape index (κ1) is 11.2. The van der Waals surface area contributed by atoms with E-state index < -0.39 is 0 Å². The molecule has 0 aromatic carbocycles. The van der Waals surface area contributed by atoms with Crippen LogP contribution in [0.4, 0.5) is 5.82 Å². The van der Waals surface area contributed by atoms with Crippen molar-refractivity contribution in [3.63, 3.8) is 0 Å². The summed E-state index contributed by atoms with van der Waals surface area (Å²) in [5.41, 5.74) is 0.484. The monoisotopic (exact) mass is 221 g/mol. The number of aromatic nitrogens is 2. The molecule has 1 heterocycles. The number of rotatable bonds is 5. The van der Waals surface area contributed by atoms with Crippen molar-refractivity contribution in [3.05, 3.63) is 12.4 Å². The summed E-state index contributed by atoms with van der Waals surface area (Å²) in [5, 5.41) is 3.37. The number of nitrogens with one attached hydrogen (secondary N) is 1. The van der Waals surface area contributed by atoms with Gasteiger partial charge in [0, 0.05) is 12.6 Å². The summed E-state index contributed by atoms with van der Waals surface area (Å²) in [6, 6.07) is 1.83. The molecule has 0 saturated heterocycles. The molecular weight excluding hydrogens is 202 g/mol. The molecule has 2 rings (SSSR count). The van der Waals surface area contributed by atoms with Crippen molar-refractivity contribution in [2.24, 2.45) is 11.3 Å². The molecule has 4 heteroatoms. The summed E-state index contributed by atoms with van der Waals surface area (Å²) in [6.07, 6.45) is 4.16. The highest BCUT2D eigenvalue weighted by Crippen LogP contribution is 2.51. The Balaban J connectivity index is 1.94. The summed E-state index contributed by atoms with van der Waals surface area (Å²) >= 11 is 0. The Labute approximate surface area is 96.4 Å². The molecule has 0 atom stereocenters. The van der Waals surface area contributed by atoms with Crippen LogP contribution in [0.15, 0.2) is 12.4 Å². The third-order valence-corrected chi connectivity index (χ3v) is 3.59. The Kier molecular flexibility index (Phi) is 2.99. The summed E-state index contributed by atoms with van der Waals surface area (Å²) in [5.74, 6) is 2.18. The second-order valence-electron chi connectivity index (χ2n) is 4.82. The first-order chi connectivity index (χ1) is 7.66. The van der Waals surface area contributed by atoms with Crippen LogP contribution in [0.3, 0.4) is 0 Å². The van der Waals surface area contributed by atoms with Crippen molar-refractivity contribution >= 4 is 5.82 Å². The quantitative estimate of drug-likeness (QED) is 0.829. The topological polar surface area (TPSA) is 47.0 Å². The molecule has 0 aliphatic heterocycles. The van der Waals surface area contributed by atoms with Gasteiger partial charge in [0.05, 0.1) is 7.11 Å². The van der Waals surface area contributed by atoms with E-state index in [-0.39, 0.29) is 0 Å². The fourth-order valence-electron chi connectivity index (χ4n) is 1.93. The van der Waals surface area contributed by atoms with Gasteiger partial charge in [-0.2, -0.15) is 0 Å². The predicted octanol–water partition coefficient (Wildman–Crippen LogP) is 2.33. The zero-order valence-electron chi connectivity index (χ0n) is 10.2. The molecule has 1 aliphatic carbocycles. The van der Waals surface area contributed by atoms with Crippen molar-refractivity contribution in [2.45, 2.75) is 26.7 Å². The molecule has 4 nitrogen and oxygen atoms in total. The summed E-state index contributed by atoms with van der Waals surface area (Å²) in [7, 11) is 1.61. The van der Waals surface area contributed by atoms with Crippen LogP contribution in [0.2, 0.25) is 0 Å². The number of hydrogen-bond donors (Lipinski definition) is 1. The van der Waals surface area contributed by atoms with Gasteiger partial charge in [0.25, 0.3) is 0 Å². The van der Waals surface area contributed by atoms with E-state index in [0.717, 1.165) is 18.3 Å². The van der Waals surface area contributed by atoms with Gasteiger partial charge in [-0.15, -0.1) is 0 Å². The molecule has 1 aromatic rings. The van der Waals surface area contributed by atoms with Crippen molar-refractivity contribution in [2.75, 3.05) is 19.0 Å². The van der Waals surface area contributed by atoms with Crippen molar-refractivity contribution in [1.29, 1.82) is 0 Å². The van der Waals surface area contributed by atoms with Crippen LogP contribution >= 0.6 is 0 Å². The summed E-state index contributed by atoms with van der Waals surface area (Å²) in [6.45, 7) is 5.56. The molecule has 0 amide bonds. The van der Waals surface area contributed by atoms with Crippen LogP contribution in [0, 0.1) is 11.3 Å². The molecule has 0 bridgehead atoms. The lowest BCUT2D eigenvalue weighted by Crippen LogP contribution is -2.21. The average Bonchev–Trinajstić information content (AvgIpc) is 3.08. The van der Waals surface area contributed by atoms with E-state index in [9.17, 15) is 0 Å². The minimum Gasteiger partial charge on any atom is -0.481 e. The van der Waals surface area contributed by atoms with Gasteiger partial charge in [0.15, 0.2) is 0 Å². The Morgan fingerprint density at radius 3 is 2.75 bits per heavy atom. The van der Waals surface area contributed by atoms with Crippen molar-refractivity contribution in [1.82, 2.24) is 9.97 Å². The third-order valence-electron chi connectivity index (χ3n) is 3.59. The third kappa shape index (κ3) is 2.26. The number of anilines is 1.